The molecule has 0 radical (unpaired) electrons. The van der Waals surface area contributed by atoms with Crippen LogP contribution < -0.4 is 5.32 Å². The van der Waals surface area contributed by atoms with E-state index in [1.807, 2.05) is 17.7 Å². The number of amides is 1. The molecule has 1 aliphatic rings. The summed E-state index contributed by atoms with van der Waals surface area (Å²) in [6.45, 7) is 15.5. The highest BCUT2D eigenvalue weighted by molar-refractivity contribution is 6.06. The van der Waals surface area contributed by atoms with Crippen LogP contribution >= 0.6 is 0 Å². The average Bonchev–Trinajstić information content (AvgIpc) is 3.17. The van der Waals surface area contributed by atoms with Crippen molar-refractivity contribution in [2.24, 2.45) is 0 Å². The van der Waals surface area contributed by atoms with Gasteiger partial charge >= 0.3 is 0 Å². The largest absolute Gasteiger partial charge is 0.379 e. The number of hydrogen-bond donors (Lipinski definition) is 1. The van der Waals surface area contributed by atoms with E-state index in [9.17, 15) is 9.18 Å². The quantitative estimate of drug-likeness (QED) is 0.559. The molecule has 8 heteroatoms. The minimum atomic E-state index is -0.273. The van der Waals surface area contributed by atoms with Gasteiger partial charge in [-0.1, -0.05) is 26.0 Å². The Kier molecular flexibility index (Phi) is 7.24. The molecule has 1 aliphatic heterocycles. The lowest BCUT2D eigenvalue weighted by Crippen LogP contribution is -2.43. The number of nitrogens with one attached hydrogen (secondary N) is 1. The number of benzene rings is 1. The zero-order chi connectivity index (χ0) is 25.3. The molecule has 1 amide bonds. The fourth-order valence-electron chi connectivity index (χ4n) is 4.57. The number of nitrogens with zero attached hydrogens (tertiary/aromatic N) is 4. The highest BCUT2D eigenvalue weighted by Crippen LogP contribution is 2.29. The van der Waals surface area contributed by atoms with Crippen LogP contribution in [0.2, 0.25) is 0 Å². The summed E-state index contributed by atoms with van der Waals surface area (Å²) in [5.41, 5.74) is 3.66. The maximum atomic E-state index is 13.6. The summed E-state index contributed by atoms with van der Waals surface area (Å²) in [7, 11) is 0. The van der Waals surface area contributed by atoms with Crippen molar-refractivity contribution in [3.8, 4) is 0 Å². The van der Waals surface area contributed by atoms with Crippen molar-refractivity contribution >= 4 is 16.9 Å². The predicted octanol–water partition coefficient (Wildman–Crippen LogP) is 4.56. The first-order chi connectivity index (χ1) is 16.6. The molecule has 1 saturated heterocycles. The summed E-state index contributed by atoms with van der Waals surface area (Å²) in [6.07, 6.45) is 0. The van der Waals surface area contributed by atoms with E-state index in [4.69, 9.17) is 14.8 Å². The smallest absolute Gasteiger partial charge is 0.252 e. The Morgan fingerprint density at radius 3 is 2.43 bits per heavy atom. The summed E-state index contributed by atoms with van der Waals surface area (Å²) in [5.74, 6) is -0.267. The van der Waals surface area contributed by atoms with Crippen molar-refractivity contribution < 1.29 is 13.9 Å². The lowest BCUT2D eigenvalue weighted by molar-refractivity contribution is 0.0162. The molecule has 7 nitrogen and oxygen atoms in total. The lowest BCUT2D eigenvalue weighted by Gasteiger charge is -2.35. The van der Waals surface area contributed by atoms with Gasteiger partial charge in [-0.15, -0.1) is 0 Å². The van der Waals surface area contributed by atoms with Gasteiger partial charge in [0.1, 0.15) is 5.82 Å². The number of pyridine rings is 1. The molecule has 2 aromatic heterocycles. The predicted molar refractivity (Wildman–Crippen MR) is 135 cm³/mol. The number of carbonyl (C=O) groups excluding carboxylic acids is 1. The minimum Gasteiger partial charge on any atom is -0.379 e. The molecule has 1 atom stereocenters. The monoisotopic (exact) mass is 481 g/mol. The molecule has 0 spiro atoms. The second-order valence-electron chi connectivity index (χ2n) is 10.5. The van der Waals surface area contributed by atoms with Gasteiger partial charge in [0, 0.05) is 25.3 Å². The van der Waals surface area contributed by atoms with Crippen molar-refractivity contribution in [2.75, 3.05) is 32.8 Å². The Hall–Kier alpha value is -2.84. The number of hydrogen-bond acceptors (Lipinski definition) is 5. The summed E-state index contributed by atoms with van der Waals surface area (Å²) in [5, 5.41) is 8.69. The van der Waals surface area contributed by atoms with E-state index in [0.717, 1.165) is 41.1 Å². The Morgan fingerprint density at radius 2 is 1.83 bits per heavy atom. The van der Waals surface area contributed by atoms with Crippen LogP contribution in [0.5, 0.6) is 0 Å². The van der Waals surface area contributed by atoms with E-state index >= 15 is 0 Å². The Morgan fingerprint density at radius 1 is 1.17 bits per heavy atom. The van der Waals surface area contributed by atoms with Gasteiger partial charge in [0.15, 0.2) is 5.65 Å². The Balaban J connectivity index is 1.68. The van der Waals surface area contributed by atoms with E-state index in [-0.39, 0.29) is 29.2 Å². The van der Waals surface area contributed by atoms with Gasteiger partial charge in [0.25, 0.3) is 5.91 Å². The third-order valence-electron chi connectivity index (χ3n) is 6.50. The number of rotatable bonds is 6. The van der Waals surface area contributed by atoms with Crippen LogP contribution in [0.4, 0.5) is 4.39 Å². The third kappa shape index (κ3) is 5.38. The van der Waals surface area contributed by atoms with Crippen molar-refractivity contribution in [1.82, 2.24) is 25.0 Å². The number of fused-ring (bicyclic) bond motifs is 1. The van der Waals surface area contributed by atoms with Crippen LogP contribution in [-0.2, 0) is 10.3 Å². The van der Waals surface area contributed by atoms with Crippen molar-refractivity contribution in [1.29, 1.82) is 0 Å². The highest BCUT2D eigenvalue weighted by atomic mass is 19.1. The molecule has 3 heterocycles. The molecular weight excluding hydrogens is 445 g/mol. The Bertz CT molecular complexity index is 1190. The molecule has 1 unspecified atom stereocenters. The standard InChI is InChI=1S/C27H36FN5O2/c1-17(2)22-15-21(24-18(3)31-33(25(24)30-22)27(4,5)6)26(34)29-16-23(32-11-13-35-14-12-32)19-7-9-20(28)10-8-19/h7-10,15,17,23H,11-14,16H2,1-6H3,(H,29,34). The first-order valence-electron chi connectivity index (χ1n) is 12.3. The fourth-order valence-corrected chi connectivity index (χ4v) is 4.57. The van der Waals surface area contributed by atoms with Gasteiger partial charge in [-0.25, -0.2) is 14.1 Å². The molecule has 3 aromatic rings. The minimum absolute atomic E-state index is 0.0799. The maximum absolute atomic E-state index is 13.6. The van der Waals surface area contributed by atoms with Crippen LogP contribution in [0.1, 0.15) is 73.9 Å². The van der Waals surface area contributed by atoms with Crippen LogP contribution in [0, 0.1) is 12.7 Å². The first kappa shape index (κ1) is 25.3. The second-order valence-corrected chi connectivity index (χ2v) is 10.5. The number of halogens is 1. The number of aryl methyl sites for hydroxylation is 1. The molecule has 1 aromatic carbocycles. The first-order valence-corrected chi connectivity index (χ1v) is 12.3. The van der Waals surface area contributed by atoms with Gasteiger partial charge in [-0.2, -0.15) is 5.10 Å². The van der Waals surface area contributed by atoms with E-state index in [0.29, 0.717) is 25.3 Å². The van der Waals surface area contributed by atoms with E-state index in [1.165, 1.54) is 12.1 Å². The normalized spacial score (nSPS) is 16.1. The number of aromatic nitrogens is 3. The van der Waals surface area contributed by atoms with E-state index in [2.05, 4.69) is 44.8 Å². The third-order valence-corrected chi connectivity index (χ3v) is 6.50. The summed E-state index contributed by atoms with van der Waals surface area (Å²) < 4.78 is 21.0. The molecule has 188 valence electrons. The summed E-state index contributed by atoms with van der Waals surface area (Å²) >= 11 is 0. The lowest BCUT2D eigenvalue weighted by atomic mass is 10.0. The zero-order valence-electron chi connectivity index (χ0n) is 21.6. The highest BCUT2D eigenvalue weighted by Gasteiger charge is 2.27. The molecule has 0 aliphatic carbocycles. The average molecular weight is 482 g/mol. The van der Waals surface area contributed by atoms with Crippen molar-refractivity contribution in [2.45, 2.75) is 59.0 Å². The van der Waals surface area contributed by atoms with Gasteiger partial charge in [0.05, 0.1) is 41.4 Å². The molecule has 0 saturated carbocycles. The van der Waals surface area contributed by atoms with Crippen LogP contribution in [-0.4, -0.2) is 58.4 Å². The topological polar surface area (TPSA) is 72.3 Å². The number of morpholine rings is 1. The van der Waals surface area contributed by atoms with Gasteiger partial charge < -0.3 is 10.1 Å². The summed E-state index contributed by atoms with van der Waals surface area (Å²) in [4.78, 5) is 20.8. The summed E-state index contributed by atoms with van der Waals surface area (Å²) in [6, 6.07) is 8.34. The van der Waals surface area contributed by atoms with Crippen LogP contribution in [0.3, 0.4) is 0 Å². The maximum Gasteiger partial charge on any atom is 0.252 e. The van der Waals surface area contributed by atoms with E-state index < -0.39 is 0 Å². The molecule has 1 fully saturated rings. The zero-order valence-corrected chi connectivity index (χ0v) is 21.6. The SMILES string of the molecule is Cc1nn(C(C)(C)C)c2nc(C(C)C)cc(C(=O)NCC(c3ccc(F)cc3)N3CCOCC3)c12. The molecular formula is C27H36FN5O2. The molecule has 1 N–H and O–H groups in total. The van der Waals surface area contributed by atoms with Gasteiger partial charge in [-0.3, -0.25) is 9.69 Å². The van der Waals surface area contributed by atoms with Gasteiger partial charge in [0.2, 0.25) is 0 Å². The van der Waals surface area contributed by atoms with Crippen molar-refractivity contribution in [3.63, 3.8) is 0 Å². The number of carbonyl (C=O) groups is 1. The van der Waals surface area contributed by atoms with Crippen LogP contribution in [0.25, 0.3) is 11.0 Å². The number of ether oxygens (including phenoxy) is 1. The molecule has 35 heavy (non-hydrogen) atoms. The van der Waals surface area contributed by atoms with Crippen molar-refractivity contribution in [3.05, 3.63) is 58.7 Å². The molecule has 4 rings (SSSR count). The second kappa shape index (κ2) is 10.0. The van der Waals surface area contributed by atoms with E-state index in [1.54, 1.807) is 12.1 Å². The Labute approximate surface area is 206 Å². The fraction of sp³-hybridized carbons (Fsp3) is 0.519. The molecule has 0 bridgehead atoms. The van der Waals surface area contributed by atoms with Gasteiger partial charge in [-0.05, 0) is 57.4 Å². The van der Waals surface area contributed by atoms with Crippen LogP contribution in [0.15, 0.2) is 30.3 Å².